The maximum atomic E-state index is 14.9. The molecule has 6 rings (SSSR count). The van der Waals surface area contributed by atoms with Crippen LogP contribution in [-0.4, -0.2) is 47.6 Å². The molecule has 37 heavy (non-hydrogen) atoms. The number of benzene rings is 1. The number of halogens is 1. The van der Waals surface area contributed by atoms with Crippen molar-refractivity contribution in [1.29, 1.82) is 0 Å². The molecule has 2 N–H and O–H groups in total. The van der Waals surface area contributed by atoms with Crippen LogP contribution in [-0.2, 0) is 44.5 Å². The molecule has 3 aliphatic rings. The first-order chi connectivity index (χ1) is 17.4. The third-order valence-electron chi connectivity index (χ3n) is 7.87. The van der Waals surface area contributed by atoms with Crippen LogP contribution < -0.4 is 10.9 Å². The first-order valence-electron chi connectivity index (χ1n) is 12.1. The maximum Gasteiger partial charge on any atom is 0.342 e. The molecule has 0 unspecified atom stereocenters. The molecule has 11 heteroatoms. The van der Waals surface area contributed by atoms with E-state index in [1.165, 1.54) is 19.2 Å². The number of rotatable bonds is 4. The van der Waals surface area contributed by atoms with Crippen LogP contribution in [0.15, 0.2) is 16.9 Å². The van der Waals surface area contributed by atoms with E-state index in [-0.39, 0.29) is 54.0 Å². The molecule has 0 radical (unpaired) electrons. The van der Waals surface area contributed by atoms with Gasteiger partial charge in [0.2, 0.25) is 0 Å². The molecule has 0 saturated carbocycles. The number of sulfone groups is 1. The van der Waals surface area contributed by atoms with E-state index >= 15 is 0 Å². The van der Waals surface area contributed by atoms with Gasteiger partial charge in [-0.1, -0.05) is 0 Å². The summed E-state index contributed by atoms with van der Waals surface area (Å²) in [7, 11) is -3.17. The summed E-state index contributed by atoms with van der Waals surface area (Å²) in [5.74, 6) is -1.22. The van der Waals surface area contributed by atoms with Crippen LogP contribution in [0.1, 0.15) is 52.8 Å². The molecular formula is C26H26FN3O6S. The second-order valence-corrected chi connectivity index (χ2v) is 12.6. The summed E-state index contributed by atoms with van der Waals surface area (Å²) in [5, 5.41) is 15.0. The lowest BCUT2D eigenvalue weighted by molar-refractivity contribution is -0.169. The van der Waals surface area contributed by atoms with Crippen LogP contribution in [0.4, 0.5) is 4.39 Å². The Morgan fingerprint density at radius 3 is 2.76 bits per heavy atom. The minimum Gasteiger partial charge on any atom is -0.458 e. The summed E-state index contributed by atoms with van der Waals surface area (Å²) >= 11 is 0. The van der Waals surface area contributed by atoms with Crippen LogP contribution in [0.5, 0.6) is 0 Å². The Kier molecular flexibility index (Phi) is 5.18. The number of aliphatic hydroxyl groups is 1. The van der Waals surface area contributed by atoms with Crippen molar-refractivity contribution in [2.75, 3.05) is 18.6 Å². The Morgan fingerprint density at radius 2 is 2.03 bits per heavy atom. The van der Waals surface area contributed by atoms with E-state index in [2.05, 4.69) is 5.32 Å². The normalized spacial score (nSPS) is 22.0. The van der Waals surface area contributed by atoms with Gasteiger partial charge in [0, 0.05) is 41.4 Å². The van der Waals surface area contributed by atoms with Gasteiger partial charge in [-0.05, 0) is 49.4 Å². The van der Waals surface area contributed by atoms with E-state index in [0.29, 0.717) is 35.3 Å². The van der Waals surface area contributed by atoms with Crippen molar-refractivity contribution in [3.63, 3.8) is 0 Å². The fourth-order valence-corrected chi connectivity index (χ4v) is 6.42. The monoisotopic (exact) mass is 527 g/mol. The number of ether oxygens (including phenoxy) is 1. The Hall–Kier alpha value is -3.15. The molecule has 0 spiro atoms. The summed E-state index contributed by atoms with van der Waals surface area (Å²) in [5.41, 5.74) is 2.51. The number of hydrogen-bond acceptors (Lipinski definition) is 8. The highest BCUT2D eigenvalue weighted by Gasteiger charge is 2.43. The third-order valence-corrected chi connectivity index (χ3v) is 8.81. The van der Waals surface area contributed by atoms with Crippen LogP contribution in [0.25, 0.3) is 22.3 Å². The molecule has 1 aliphatic carbocycles. The van der Waals surface area contributed by atoms with E-state index < -0.39 is 21.4 Å². The summed E-state index contributed by atoms with van der Waals surface area (Å²) in [6.45, 7) is 3.27. The number of aromatic nitrogens is 2. The maximum absolute atomic E-state index is 14.9. The molecule has 194 valence electrons. The molecule has 2 aromatic heterocycles. The lowest BCUT2D eigenvalue weighted by Crippen LogP contribution is -2.42. The lowest BCUT2D eigenvalue weighted by atomic mass is 9.81. The number of nitrogens with one attached hydrogen (secondary N) is 1. The molecule has 1 aromatic carbocycles. The molecule has 2 aliphatic heterocycles. The minimum absolute atomic E-state index is 0.0231. The Morgan fingerprint density at radius 1 is 1.27 bits per heavy atom. The van der Waals surface area contributed by atoms with Gasteiger partial charge in [-0.3, -0.25) is 4.79 Å². The number of carbonyl (C=O) groups is 1. The standard InChI is InChI=1S/C26H26FN3O6S/c1-12-13-4-5-18(28-6-7-37(3,34)35)22-14-10-30-20(23(14)29-19(21(13)22)9-17(12)27)8-16-15(24(30)31)11-36-25(32)26(16,2)33/h8-9,18,28,33H,4-7,10-11H2,1-3H3/t18-,26-/m0/s1. The molecular weight excluding hydrogens is 501 g/mol. The number of fused-ring (bicyclic) bond motifs is 5. The Bertz CT molecular complexity index is 1710. The smallest absolute Gasteiger partial charge is 0.342 e. The fraction of sp³-hybridized carbons (Fsp3) is 0.423. The van der Waals surface area contributed by atoms with Gasteiger partial charge < -0.3 is 19.7 Å². The number of hydrogen-bond donors (Lipinski definition) is 2. The number of esters is 1. The molecule has 2 atom stereocenters. The van der Waals surface area contributed by atoms with Gasteiger partial charge in [-0.25, -0.2) is 22.6 Å². The van der Waals surface area contributed by atoms with Gasteiger partial charge in [0.15, 0.2) is 5.60 Å². The highest BCUT2D eigenvalue weighted by Crippen LogP contribution is 2.45. The predicted octanol–water partition coefficient (Wildman–Crippen LogP) is 1.76. The topological polar surface area (TPSA) is 128 Å². The molecule has 0 saturated heterocycles. The fourth-order valence-electron chi connectivity index (χ4n) is 5.93. The Labute approximate surface area is 212 Å². The average Bonchev–Trinajstić information content (AvgIpc) is 3.19. The zero-order valence-electron chi connectivity index (χ0n) is 20.6. The SMILES string of the molecule is Cc1c(F)cc2nc3c(c4c2c1CC[C@@H]4NCCS(C)(=O)=O)Cn1c-3cc2c(c1=O)COC(=O)[C@@]2(C)O. The van der Waals surface area contributed by atoms with Gasteiger partial charge in [0.05, 0.1) is 34.8 Å². The summed E-state index contributed by atoms with van der Waals surface area (Å²) in [4.78, 5) is 30.5. The lowest BCUT2D eigenvalue weighted by Gasteiger charge is -2.30. The second-order valence-electron chi connectivity index (χ2n) is 10.3. The average molecular weight is 528 g/mol. The molecule has 0 fully saturated rings. The molecule has 3 aromatic rings. The summed E-state index contributed by atoms with van der Waals surface area (Å²) < 4.78 is 45.0. The number of pyridine rings is 2. The van der Waals surface area contributed by atoms with E-state index in [4.69, 9.17) is 9.72 Å². The summed E-state index contributed by atoms with van der Waals surface area (Å²) in [6.07, 6.45) is 2.42. The summed E-state index contributed by atoms with van der Waals surface area (Å²) in [6, 6.07) is 2.78. The number of aryl methyl sites for hydroxylation is 1. The van der Waals surface area contributed by atoms with Crippen LogP contribution in [0, 0.1) is 12.7 Å². The van der Waals surface area contributed by atoms with Crippen LogP contribution in [0.3, 0.4) is 0 Å². The molecule has 9 nitrogen and oxygen atoms in total. The zero-order valence-corrected chi connectivity index (χ0v) is 21.5. The van der Waals surface area contributed by atoms with Crippen LogP contribution >= 0.6 is 0 Å². The molecule has 4 heterocycles. The van der Waals surface area contributed by atoms with Crippen LogP contribution in [0.2, 0.25) is 0 Å². The van der Waals surface area contributed by atoms with E-state index in [1.54, 1.807) is 17.6 Å². The van der Waals surface area contributed by atoms with Crippen molar-refractivity contribution in [2.45, 2.75) is 51.5 Å². The van der Waals surface area contributed by atoms with Crippen molar-refractivity contribution < 1.29 is 27.4 Å². The molecule has 0 amide bonds. The molecule has 0 bridgehead atoms. The van der Waals surface area contributed by atoms with E-state index in [9.17, 15) is 27.5 Å². The Balaban J connectivity index is 1.59. The number of nitrogens with zero attached hydrogens (tertiary/aromatic N) is 2. The van der Waals surface area contributed by atoms with Crippen molar-refractivity contribution in [3.8, 4) is 11.4 Å². The number of carbonyl (C=O) groups excluding carboxylic acids is 1. The van der Waals surface area contributed by atoms with E-state index in [0.717, 1.165) is 22.1 Å². The quantitative estimate of drug-likeness (QED) is 0.385. The minimum atomic E-state index is -3.17. The first kappa shape index (κ1) is 24.2. The van der Waals surface area contributed by atoms with Gasteiger partial charge in [-0.2, -0.15) is 0 Å². The zero-order chi connectivity index (χ0) is 26.4. The van der Waals surface area contributed by atoms with Gasteiger partial charge in [-0.15, -0.1) is 0 Å². The van der Waals surface area contributed by atoms with Gasteiger partial charge in [0.25, 0.3) is 5.56 Å². The second kappa shape index (κ2) is 7.92. The van der Waals surface area contributed by atoms with Crippen molar-refractivity contribution in [1.82, 2.24) is 14.9 Å². The van der Waals surface area contributed by atoms with Crippen molar-refractivity contribution in [2.24, 2.45) is 0 Å². The van der Waals surface area contributed by atoms with Crippen molar-refractivity contribution in [3.05, 3.63) is 61.7 Å². The first-order valence-corrected chi connectivity index (χ1v) is 14.2. The largest absolute Gasteiger partial charge is 0.458 e. The highest BCUT2D eigenvalue weighted by atomic mass is 32.2. The number of cyclic esters (lactones) is 1. The van der Waals surface area contributed by atoms with Gasteiger partial charge in [0.1, 0.15) is 22.3 Å². The third kappa shape index (κ3) is 3.55. The van der Waals surface area contributed by atoms with E-state index in [1.807, 2.05) is 0 Å². The van der Waals surface area contributed by atoms with Crippen molar-refractivity contribution >= 4 is 26.7 Å². The van der Waals surface area contributed by atoms with Gasteiger partial charge >= 0.3 is 5.97 Å². The predicted molar refractivity (Wildman–Crippen MR) is 133 cm³/mol. The highest BCUT2D eigenvalue weighted by molar-refractivity contribution is 7.90.